The first-order valence-electron chi connectivity index (χ1n) is 9.13. The fraction of sp³-hybridized carbons (Fsp3) is 0.182. The van der Waals surface area contributed by atoms with Gasteiger partial charge in [0.05, 0.1) is 11.9 Å². The van der Waals surface area contributed by atoms with E-state index in [2.05, 4.69) is 10.3 Å². The topological polar surface area (TPSA) is 79.4 Å². The first-order chi connectivity index (χ1) is 13.8. The van der Waals surface area contributed by atoms with Crippen molar-refractivity contribution < 1.29 is 13.2 Å². The molecule has 0 radical (unpaired) electrons. The number of rotatable bonds is 7. The van der Waals surface area contributed by atoms with Gasteiger partial charge in [0.25, 0.3) is 0 Å². The van der Waals surface area contributed by atoms with Crippen LogP contribution in [0, 0.1) is 6.92 Å². The van der Waals surface area contributed by atoms with Gasteiger partial charge < -0.3 is 5.32 Å². The van der Waals surface area contributed by atoms with Gasteiger partial charge in [-0.3, -0.25) is 14.1 Å². The van der Waals surface area contributed by atoms with Gasteiger partial charge in [0.15, 0.2) is 0 Å². The molecule has 150 valence electrons. The van der Waals surface area contributed by atoms with Crippen molar-refractivity contribution in [3.8, 4) is 0 Å². The lowest BCUT2D eigenvalue weighted by Gasteiger charge is -2.22. The van der Waals surface area contributed by atoms with E-state index in [-0.39, 0.29) is 6.54 Å². The summed E-state index contributed by atoms with van der Waals surface area (Å²) in [6.45, 7) is 1.63. The SMILES string of the molecule is Cc1ccc(N(CC(=O)Nc2ccc(Cc3ccncc3)cc2)S(C)(=O)=O)cc1. The summed E-state index contributed by atoms with van der Waals surface area (Å²) < 4.78 is 25.4. The number of nitrogens with one attached hydrogen (secondary N) is 1. The molecule has 0 bridgehead atoms. The highest BCUT2D eigenvalue weighted by Gasteiger charge is 2.20. The molecule has 29 heavy (non-hydrogen) atoms. The van der Waals surface area contributed by atoms with Crippen molar-refractivity contribution in [2.24, 2.45) is 0 Å². The number of carbonyl (C=O) groups excluding carboxylic acids is 1. The smallest absolute Gasteiger partial charge is 0.245 e. The van der Waals surface area contributed by atoms with Crippen LogP contribution in [0.15, 0.2) is 73.1 Å². The molecular weight excluding hydrogens is 386 g/mol. The third-order valence-corrected chi connectivity index (χ3v) is 5.55. The van der Waals surface area contributed by atoms with Gasteiger partial charge in [0.2, 0.25) is 15.9 Å². The normalized spacial score (nSPS) is 11.1. The maximum atomic E-state index is 12.5. The maximum Gasteiger partial charge on any atom is 0.245 e. The Morgan fingerprint density at radius 3 is 2.10 bits per heavy atom. The zero-order valence-electron chi connectivity index (χ0n) is 16.4. The van der Waals surface area contributed by atoms with E-state index in [0.717, 1.165) is 33.7 Å². The van der Waals surface area contributed by atoms with Crippen LogP contribution in [0.5, 0.6) is 0 Å². The van der Waals surface area contributed by atoms with Gasteiger partial charge in [0.1, 0.15) is 6.54 Å². The van der Waals surface area contributed by atoms with Crippen LogP contribution in [0.3, 0.4) is 0 Å². The molecule has 1 N–H and O–H groups in total. The van der Waals surface area contributed by atoms with Gasteiger partial charge in [0, 0.05) is 18.1 Å². The average Bonchev–Trinajstić information content (AvgIpc) is 2.68. The molecule has 3 aromatic rings. The fourth-order valence-electron chi connectivity index (χ4n) is 2.88. The number of hydrogen-bond donors (Lipinski definition) is 1. The Kier molecular flexibility index (Phi) is 6.29. The van der Waals surface area contributed by atoms with Crippen LogP contribution in [0.1, 0.15) is 16.7 Å². The summed E-state index contributed by atoms with van der Waals surface area (Å²) in [6, 6.07) is 18.4. The van der Waals surface area contributed by atoms with Crippen LogP contribution in [-0.4, -0.2) is 32.1 Å². The van der Waals surface area contributed by atoms with E-state index in [4.69, 9.17) is 0 Å². The third-order valence-electron chi connectivity index (χ3n) is 4.40. The van der Waals surface area contributed by atoms with Crippen LogP contribution in [-0.2, 0) is 21.2 Å². The monoisotopic (exact) mass is 409 g/mol. The molecule has 1 aromatic heterocycles. The van der Waals surface area contributed by atoms with Gasteiger partial charge in [-0.1, -0.05) is 29.8 Å². The van der Waals surface area contributed by atoms with E-state index < -0.39 is 15.9 Å². The van der Waals surface area contributed by atoms with Crippen LogP contribution < -0.4 is 9.62 Å². The molecule has 0 aliphatic rings. The average molecular weight is 410 g/mol. The highest BCUT2D eigenvalue weighted by Crippen LogP contribution is 2.19. The Labute approximate surface area is 171 Å². The highest BCUT2D eigenvalue weighted by atomic mass is 32.2. The van der Waals surface area contributed by atoms with Crippen molar-refractivity contribution in [1.29, 1.82) is 0 Å². The number of aryl methyl sites for hydroxylation is 1. The Balaban J connectivity index is 1.66. The summed E-state index contributed by atoms with van der Waals surface area (Å²) in [5.41, 5.74) is 4.34. The van der Waals surface area contributed by atoms with E-state index in [9.17, 15) is 13.2 Å². The zero-order valence-corrected chi connectivity index (χ0v) is 17.2. The number of nitrogens with zero attached hydrogens (tertiary/aromatic N) is 2. The van der Waals surface area contributed by atoms with Gasteiger partial charge in [-0.15, -0.1) is 0 Å². The maximum absolute atomic E-state index is 12.5. The quantitative estimate of drug-likeness (QED) is 0.649. The van der Waals surface area contributed by atoms with E-state index in [1.54, 1.807) is 24.5 Å². The molecule has 3 rings (SSSR count). The Morgan fingerprint density at radius 2 is 1.52 bits per heavy atom. The van der Waals surface area contributed by atoms with Crippen LogP contribution in [0.4, 0.5) is 11.4 Å². The number of pyridine rings is 1. The molecule has 1 amide bonds. The predicted octanol–water partition coefficient (Wildman–Crippen LogP) is 3.39. The standard InChI is InChI=1S/C22H23N3O3S/c1-17-3-9-21(10-4-17)25(29(2,27)28)16-22(26)24-20-7-5-18(6-8-20)15-19-11-13-23-14-12-19/h3-14H,15-16H2,1-2H3,(H,24,26). The minimum Gasteiger partial charge on any atom is -0.325 e. The van der Waals surface area contributed by atoms with E-state index in [1.165, 1.54) is 0 Å². The van der Waals surface area contributed by atoms with Crippen LogP contribution in [0.2, 0.25) is 0 Å². The molecule has 0 saturated heterocycles. The lowest BCUT2D eigenvalue weighted by Crippen LogP contribution is -2.37. The molecular formula is C22H23N3O3S. The summed E-state index contributed by atoms with van der Waals surface area (Å²) in [6.07, 6.45) is 5.37. The number of aromatic nitrogens is 1. The Morgan fingerprint density at radius 1 is 0.931 bits per heavy atom. The zero-order chi connectivity index (χ0) is 20.9. The minimum absolute atomic E-state index is 0.291. The van der Waals surface area contributed by atoms with Crippen molar-refractivity contribution in [3.05, 3.63) is 89.7 Å². The summed E-state index contributed by atoms with van der Waals surface area (Å²) in [5.74, 6) is -0.405. The summed E-state index contributed by atoms with van der Waals surface area (Å²) in [7, 11) is -3.59. The molecule has 0 aliphatic heterocycles. The number of sulfonamides is 1. The van der Waals surface area contributed by atoms with Crippen molar-refractivity contribution in [1.82, 2.24) is 4.98 Å². The molecule has 0 saturated carbocycles. The molecule has 6 nitrogen and oxygen atoms in total. The van der Waals surface area contributed by atoms with Crippen molar-refractivity contribution >= 4 is 27.3 Å². The second-order valence-electron chi connectivity index (χ2n) is 6.88. The van der Waals surface area contributed by atoms with Crippen molar-refractivity contribution in [2.75, 3.05) is 22.4 Å². The van der Waals surface area contributed by atoms with E-state index in [0.29, 0.717) is 11.4 Å². The molecule has 0 fully saturated rings. The van der Waals surface area contributed by atoms with Crippen molar-refractivity contribution in [3.63, 3.8) is 0 Å². The lowest BCUT2D eigenvalue weighted by molar-refractivity contribution is -0.114. The second kappa shape index (κ2) is 8.87. The summed E-state index contributed by atoms with van der Waals surface area (Å²) >= 11 is 0. The number of benzene rings is 2. The number of amides is 1. The minimum atomic E-state index is -3.59. The van der Waals surface area contributed by atoms with Crippen LogP contribution >= 0.6 is 0 Å². The second-order valence-corrected chi connectivity index (χ2v) is 8.79. The fourth-order valence-corrected chi connectivity index (χ4v) is 3.74. The van der Waals surface area contributed by atoms with Crippen molar-refractivity contribution in [2.45, 2.75) is 13.3 Å². The lowest BCUT2D eigenvalue weighted by atomic mass is 10.1. The number of carbonyl (C=O) groups is 1. The third kappa shape index (κ3) is 5.89. The predicted molar refractivity (Wildman–Crippen MR) is 115 cm³/mol. The Bertz CT molecular complexity index is 1060. The van der Waals surface area contributed by atoms with Gasteiger partial charge in [-0.2, -0.15) is 0 Å². The van der Waals surface area contributed by atoms with Gasteiger partial charge >= 0.3 is 0 Å². The summed E-state index contributed by atoms with van der Waals surface area (Å²) in [5, 5.41) is 2.76. The molecule has 0 unspecified atom stereocenters. The molecule has 0 spiro atoms. The molecule has 1 heterocycles. The van der Waals surface area contributed by atoms with E-state index in [1.807, 2.05) is 55.5 Å². The van der Waals surface area contributed by atoms with Gasteiger partial charge in [-0.25, -0.2) is 8.42 Å². The molecule has 2 aromatic carbocycles. The Hall–Kier alpha value is -3.19. The molecule has 7 heteroatoms. The summed E-state index contributed by atoms with van der Waals surface area (Å²) in [4.78, 5) is 16.5. The number of hydrogen-bond acceptors (Lipinski definition) is 4. The largest absolute Gasteiger partial charge is 0.325 e. The van der Waals surface area contributed by atoms with Gasteiger partial charge in [-0.05, 0) is 60.9 Å². The molecule has 0 atom stereocenters. The van der Waals surface area contributed by atoms with E-state index >= 15 is 0 Å². The number of anilines is 2. The highest BCUT2D eigenvalue weighted by molar-refractivity contribution is 7.92. The van der Waals surface area contributed by atoms with Crippen LogP contribution in [0.25, 0.3) is 0 Å². The molecule has 0 aliphatic carbocycles. The first-order valence-corrected chi connectivity index (χ1v) is 11.0. The first kappa shape index (κ1) is 20.5.